The van der Waals surface area contributed by atoms with Gasteiger partial charge in [0.1, 0.15) is 5.82 Å². The number of aromatic nitrogens is 3. The summed E-state index contributed by atoms with van der Waals surface area (Å²) in [6.07, 6.45) is 2.45. The highest BCUT2D eigenvalue weighted by Crippen LogP contribution is 2.24. The number of carbonyl (C=O) groups is 1. The van der Waals surface area contributed by atoms with E-state index >= 15 is 0 Å². The van der Waals surface area contributed by atoms with Crippen LogP contribution in [0.2, 0.25) is 0 Å². The molecule has 0 aliphatic rings. The molecule has 0 aliphatic heterocycles. The molecule has 0 fully saturated rings. The van der Waals surface area contributed by atoms with Crippen LogP contribution in [0, 0.1) is 0 Å². The summed E-state index contributed by atoms with van der Waals surface area (Å²) >= 11 is 0. The number of carbonyl (C=O) groups excluding carboxylic acids is 1. The number of pyridine rings is 1. The van der Waals surface area contributed by atoms with Crippen LogP contribution in [0.5, 0.6) is 0 Å². The first kappa shape index (κ1) is 23.8. The third kappa shape index (κ3) is 4.67. The van der Waals surface area contributed by atoms with E-state index in [1.54, 1.807) is 24.4 Å². The number of hydrogen-bond donors (Lipinski definition) is 1. The fourth-order valence-electron chi connectivity index (χ4n) is 4.18. The number of amides is 1. The van der Waals surface area contributed by atoms with E-state index in [1.165, 1.54) is 4.31 Å². The fourth-order valence-corrected chi connectivity index (χ4v) is 5.66. The van der Waals surface area contributed by atoms with E-state index in [0.717, 1.165) is 27.9 Å². The van der Waals surface area contributed by atoms with Crippen LogP contribution in [0.3, 0.4) is 0 Å². The van der Waals surface area contributed by atoms with Crippen molar-refractivity contribution in [3.8, 4) is 0 Å². The lowest BCUT2D eigenvalue weighted by Crippen LogP contribution is -2.30. The molecule has 0 bridgehead atoms. The van der Waals surface area contributed by atoms with E-state index in [9.17, 15) is 13.2 Å². The Bertz CT molecular complexity index is 1440. The van der Waals surface area contributed by atoms with Crippen molar-refractivity contribution in [3.63, 3.8) is 0 Å². The van der Waals surface area contributed by atoms with Crippen LogP contribution in [-0.4, -0.2) is 46.3 Å². The second kappa shape index (κ2) is 9.90. The number of anilines is 1. The molecule has 1 N–H and O–H groups in total. The minimum absolute atomic E-state index is 0.109. The molecule has 0 atom stereocenters. The van der Waals surface area contributed by atoms with Gasteiger partial charge in [-0.25, -0.2) is 13.4 Å². The highest BCUT2D eigenvalue weighted by atomic mass is 32.2. The zero-order valence-electron chi connectivity index (χ0n) is 19.7. The van der Waals surface area contributed by atoms with Crippen LogP contribution in [0.1, 0.15) is 33.0 Å². The Balaban J connectivity index is 1.52. The van der Waals surface area contributed by atoms with Crippen molar-refractivity contribution in [2.24, 2.45) is 0 Å². The molecule has 0 spiro atoms. The number of nitrogens with zero attached hydrogens (tertiary/aromatic N) is 4. The number of sulfonamides is 1. The zero-order valence-corrected chi connectivity index (χ0v) is 20.5. The van der Waals surface area contributed by atoms with Crippen molar-refractivity contribution in [3.05, 3.63) is 60.6 Å². The first-order valence-corrected chi connectivity index (χ1v) is 12.9. The number of hydrogen-bond acceptors (Lipinski definition) is 5. The van der Waals surface area contributed by atoms with Crippen LogP contribution in [0.4, 0.5) is 5.69 Å². The average Bonchev–Trinajstić information content (AvgIpc) is 3.20. The fraction of sp³-hybridized carbons (Fsp3) is 0.320. The predicted octanol–water partition coefficient (Wildman–Crippen LogP) is 4.21. The lowest BCUT2D eigenvalue weighted by atomic mass is 10.2. The first-order valence-electron chi connectivity index (χ1n) is 11.5. The summed E-state index contributed by atoms with van der Waals surface area (Å²) in [6, 6.07) is 14.5. The third-order valence-corrected chi connectivity index (χ3v) is 7.97. The molecule has 0 unspecified atom stereocenters. The van der Waals surface area contributed by atoms with Gasteiger partial charge in [-0.15, -0.1) is 0 Å². The summed E-state index contributed by atoms with van der Waals surface area (Å²) in [4.78, 5) is 21.8. The molecule has 2 heterocycles. The molecule has 8 nitrogen and oxygen atoms in total. The number of fused-ring (bicyclic) bond motifs is 2. The monoisotopic (exact) mass is 479 g/mol. The van der Waals surface area contributed by atoms with Gasteiger partial charge in [0.2, 0.25) is 15.9 Å². The molecule has 178 valence electrons. The van der Waals surface area contributed by atoms with Crippen LogP contribution in [-0.2, 0) is 27.8 Å². The van der Waals surface area contributed by atoms with Crippen molar-refractivity contribution in [1.29, 1.82) is 0 Å². The van der Waals surface area contributed by atoms with Gasteiger partial charge in [0.05, 0.1) is 21.4 Å². The lowest BCUT2D eigenvalue weighted by Gasteiger charge is -2.18. The van der Waals surface area contributed by atoms with Crippen molar-refractivity contribution in [1.82, 2.24) is 18.8 Å². The number of benzene rings is 2. The summed E-state index contributed by atoms with van der Waals surface area (Å²) in [7, 11) is -3.56. The molecule has 9 heteroatoms. The molecular weight excluding hydrogens is 450 g/mol. The first-order chi connectivity index (χ1) is 16.4. The normalized spacial score (nSPS) is 12.0. The lowest BCUT2D eigenvalue weighted by molar-refractivity contribution is -0.116. The molecule has 2 aromatic carbocycles. The van der Waals surface area contributed by atoms with Crippen LogP contribution in [0.15, 0.2) is 59.6 Å². The molecular formula is C25H29N5O3S. The molecule has 34 heavy (non-hydrogen) atoms. The molecule has 0 saturated carbocycles. The van der Waals surface area contributed by atoms with Gasteiger partial charge < -0.3 is 9.88 Å². The summed E-state index contributed by atoms with van der Waals surface area (Å²) in [5.41, 5.74) is 3.08. The Morgan fingerprint density at radius 2 is 1.82 bits per heavy atom. The van der Waals surface area contributed by atoms with Gasteiger partial charge in [-0.3, -0.25) is 9.78 Å². The highest BCUT2D eigenvalue weighted by Gasteiger charge is 2.23. The smallest absolute Gasteiger partial charge is 0.243 e. The van der Waals surface area contributed by atoms with E-state index in [0.29, 0.717) is 31.6 Å². The Kier molecular flexibility index (Phi) is 6.95. The minimum Gasteiger partial charge on any atom is -0.328 e. The van der Waals surface area contributed by atoms with E-state index in [4.69, 9.17) is 0 Å². The molecule has 1 amide bonds. The van der Waals surface area contributed by atoms with Crippen molar-refractivity contribution in [2.75, 3.05) is 18.4 Å². The predicted molar refractivity (Wildman–Crippen MR) is 134 cm³/mol. The molecule has 2 aromatic heterocycles. The maximum absolute atomic E-state index is 12.9. The topological polar surface area (TPSA) is 97.2 Å². The number of nitrogens with one attached hydrogen (secondary N) is 1. The van der Waals surface area contributed by atoms with Gasteiger partial charge in [-0.1, -0.05) is 19.9 Å². The summed E-state index contributed by atoms with van der Waals surface area (Å²) in [6.45, 7) is 7.15. The van der Waals surface area contributed by atoms with Gasteiger partial charge in [-0.2, -0.15) is 4.31 Å². The van der Waals surface area contributed by atoms with Crippen LogP contribution in [0.25, 0.3) is 21.9 Å². The van der Waals surface area contributed by atoms with Crippen molar-refractivity contribution < 1.29 is 13.2 Å². The molecule has 0 aliphatic carbocycles. The Labute approximate surface area is 199 Å². The second-order valence-corrected chi connectivity index (χ2v) is 9.91. The van der Waals surface area contributed by atoms with Crippen molar-refractivity contribution in [2.45, 2.75) is 45.1 Å². The Morgan fingerprint density at radius 3 is 2.56 bits per heavy atom. The van der Waals surface area contributed by atoms with Crippen LogP contribution < -0.4 is 5.32 Å². The average molecular weight is 480 g/mol. The maximum Gasteiger partial charge on any atom is 0.243 e. The number of imidazole rings is 1. The van der Waals surface area contributed by atoms with Gasteiger partial charge >= 0.3 is 0 Å². The molecule has 0 saturated heterocycles. The summed E-state index contributed by atoms with van der Waals surface area (Å²) < 4.78 is 29.3. The van der Waals surface area contributed by atoms with E-state index < -0.39 is 10.0 Å². The molecule has 0 radical (unpaired) electrons. The number of aryl methyl sites for hydroxylation is 2. The SMILES string of the molecule is CCN(CC)S(=O)(=O)c1ccc2c(c1)nc(CCC(=O)Nc1ccc3ncccc3c1)n2CC. The Hall–Kier alpha value is -3.30. The van der Waals surface area contributed by atoms with Gasteiger partial charge in [-0.05, 0) is 49.4 Å². The van der Waals surface area contributed by atoms with Gasteiger partial charge in [0, 0.05) is 49.7 Å². The Morgan fingerprint density at radius 1 is 1.03 bits per heavy atom. The van der Waals surface area contributed by atoms with E-state index in [2.05, 4.69) is 15.3 Å². The van der Waals surface area contributed by atoms with E-state index in [1.807, 2.05) is 55.7 Å². The molecule has 4 rings (SSSR count). The summed E-state index contributed by atoms with van der Waals surface area (Å²) in [5, 5.41) is 3.90. The largest absolute Gasteiger partial charge is 0.328 e. The van der Waals surface area contributed by atoms with Crippen LogP contribution >= 0.6 is 0 Å². The highest BCUT2D eigenvalue weighted by molar-refractivity contribution is 7.89. The van der Waals surface area contributed by atoms with E-state index in [-0.39, 0.29) is 17.2 Å². The third-order valence-electron chi connectivity index (χ3n) is 5.92. The standard InChI is InChI=1S/C25H29N5O3S/c1-4-29(5-2)34(32,33)20-10-12-23-22(17-20)28-24(30(23)6-3)13-14-25(31)27-19-9-11-21-18(16-19)8-7-15-26-21/h7-12,15-17H,4-6,13-14H2,1-3H3,(H,27,31). The summed E-state index contributed by atoms with van der Waals surface area (Å²) in [5.74, 6) is 0.649. The second-order valence-electron chi connectivity index (χ2n) is 7.97. The minimum atomic E-state index is -3.56. The number of rotatable bonds is 9. The maximum atomic E-state index is 12.9. The van der Waals surface area contributed by atoms with Crippen molar-refractivity contribution >= 4 is 43.6 Å². The zero-order chi connectivity index (χ0) is 24.3. The quantitative estimate of drug-likeness (QED) is 0.388. The molecule has 4 aromatic rings. The van der Waals surface area contributed by atoms with Gasteiger partial charge in [0.25, 0.3) is 0 Å². The van der Waals surface area contributed by atoms with Gasteiger partial charge in [0.15, 0.2) is 0 Å².